The monoisotopic (exact) mass is 374 g/mol. The fraction of sp³-hybridized carbons (Fsp3) is 0.263. The number of hydrogen-bond acceptors (Lipinski definition) is 5. The molecule has 3 aromatic rings. The van der Waals surface area contributed by atoms with E-state index in [0.717, 1.165) is 5.56 Å². The maximum atomic E-state index is 13.9. The Hall–Kier alpha value is -2.38. The molecule has 0 saturated carbocycles. The van der Waals surface area contributed by atoms with Crippen LogP contribution in [0.15, 0.2) is 52.4 Å². The number of aromatic nitrogens is 2. The van der Waals surface area contributed by atoms with E-state index >= 15 is 0 Å². The molecular formula is C19H19FN2O3S. The van der Waals surface area contributed by atoms with Gasteiger partial charge in [0.2, 0.25) is 0 Å². The number of rotatable bonds is 7. The van der Waals surface area contributed by atoms with E-state index in [1.807, 2.05) is 6.07 Å². The highest BCUT2D eigenvalue weighted by Gasteiger charge is 2.12. The Balaban J connectivity index is 1.92. The second-order valence-corrected chi connectivity index (χ2v) is 6.65. The number of para-hydroxylation sites is 1. The van der Waals surface area contributed by atoms with Crippen LogP contribution in [0.2, 0.25) is 0 Å². The minimum Gasteiger partial charge on any atom is -0.494 e. The number of nitrogens with zero attached hydrogens (tertiary/aromatic N) is 2. The zero-order valence-electron chi connectivity index (χ0n) is 14.3. The molecule has 1 heterocycles. The van der Waals surface area contributed by atoms with Gasteiger partial charge in [-0.1, -0.05) is 30.0 Å². The highest BCUT2D eigenvalue weighted by molar-refractivity contribution is 7.98. The number of fused-ring (bicyclic) bond motifs is 1. The van der Waals surface area contributed by atoms with Crippen LogP contribution in [0.1, 0.15) is 12.0 Å². The number of benzene rings is 2. The van der Waals surface area contributed by atoms with Crippen molar-refractivity contribution in [1.82, 2.24) is 9.55 Å². The lowest BCUT2D eigenvalue weighted by atomic mass is 10.2. The second kappa shape index (κ2) is 8.33. The van der Waals surface area contributed by atoms with Crippen molar-refractivity contribution in [3.05, 3.63) is 64.2 Å². The van der Waals surface area contributed by atoms with E-state index in [0.29, 0.717) is 34.8 Å². The van der Waals surface area contributed by atoms with Gasteiger partial charge in [0.25, 0.3) is 5.56 Å². The lowest BCUT2D eigenvalue weighted by Gasteiger charge is -2.13. The molecule has 3 rings (SSSR count). The summed E-state index contributed by atoms with van der Waals surface area (Å²) in [6, 6.07) is 12.0. The summed E-state index contributed by atoms with van der Waals surface area (Å²) in [6.45, 7) is 0.375. The number of halogens is 1. The van der Waals surface area contributed by atoms with Gasteiger partial charge in [-0.2, -0.15) is 0 Å². The first-order valence-electron chi connectivity index (χ1n) is 8.19. The quantitative estimate of drug-likeness (QED) is 0.508. The lowest BCUT2D eigenvalue weighted by molar-refractivity contribution is 0.276. The number of methoxy groups -OCH3 is 1. The van der Waals surface area contributed by atoms with E-state index in [9.17, 15) is 9.18 Å². The summed E-state index contributed by atoms with van der Waals surface area (Å²) in [5, 5.41) is 10.2. The molecule has 1 aromatic heterocycles. The topological polar surface area (TPSA) is 64.3 Å². The third-order valence-electron chi connectivity index (χ3n) is 3.95. The van der Waals surface area contributed by atoms with Crippen molar-refractivity contribution < 1.29 is 14.2 Å². The van der Waals surface area contributed by atoms with E-state index in [4.69, 9.17) is 9.84 Å². The number of ether oxygens (including phenoxy) is 1. The third kappa shape index (κ3) is 3.89. The van der Waals surface area contributed by atoms with E-state index in [1.165, 1.54) is 24.9 Å². The molecule has 0 aliphatic heterocycles. The fourth-order valence-corrected chi connectivity index (χ4v) is 3.60. The molecule has 1 N–H and O–H groups in total. The molecule has 26 heavy (non-hydrogen) atoms. The summed E-state index contributed by atoms with van der Waals surface area (Å²) in [5.74, 6) is 0.238. The fourth-order valence-electron chi connectivity index (χ4n) is 2.63. The normalized spacial score (nSPS) is 11.0. The van der Waals surface area contributed by atoms with Gasteiger partial charge >= 0.3 is 0 Å². The van der Waals surface area contributed by atoms with Crippen molar-refractivity contribution in [2.75, 3.05) is 13.7 Å². The van der Waals surface area contributed by atoms with Gasteiger partial charge in [-0.15, -0.1) is 0 Å². The van der Waals surface area contributed by atoms with Crippen LogP contribution >= 0.6 is 11.8 Å². The Morgan fingerprint density at radius 2 is 2.08 bits per heavy atom. The molecule has 0 bridgehead atoms. The van der Waals surface area contributed by atoms with Gasteiger partial charge in [-0.05, 0) is 36.2 Å². The van der Waals surface area contributed by atoms with Gasteiger partial charge in [0.15, 0.2) is 16.7 Å². The van der Waals surface area contributed by atoms with Crippen LogP contribution in [0.25, 0.3) is 10.9 Å². The minimum absolute atomic E-state index is 0.00688. The molecule has 0 aliphatic carbocycles. The Morgan fingerprint density at radius 1 is 1.27 bits per heavy atom. The average Bonchev–Trinajstić information content (AvgIpc) is 2.66. The first kappa shape index (κ1) is 18.4. The summed E-state index contributed by atoms with van der Waals surface area (Å²) >= 11 is 1.36. The Bertz CT molecular complexity index is 975. The molecule has 0 saturated heterocycles. The average molecular weight is 374 g/mol. The van der Waals surface area contributed by atoms with Crippen molar-refractivity contribution in [2.45, 2.75) is 23.9 Å². The molecule has 0 fully saturated rings. The highest BCUT2D eigenvalue weighted by atomic mass is 32.2. The maximum absolute atomic E-state index is 13.9. The van der Waals surface area contributed by atoms with E-state index in [1.54, 1.807) is 34.9 Å². The van der Waals surface area contributed by atoms with Crippen LogP contribution < -0.4 is 10.3 Å². The van der Waals surface area contributed by atoms with Crippen LogP contribution in [-0.2, 0) is 12.3 Å². The Labute approximate surface area is 154 Å². The number of aliphatic hydroxyl groups is 1. The van der Waals surface area contributed by atoms with Crippen molar-refractivity contribution in [3.8, 4) is 5.75 Å². The van der Waals surface area contributed by atoms with Crippen molar-refractivity contribution in [3.63, 3.8) is 0 Å². The van der Waals surface area contributed by atoms with Gasteiger partial charge in [0.1, 0.15) is 0 Å². The van der Waals surface area contributed by atoms with Crippen molar-refractivity contribution in [2.24, 2.45) is 0 Å². The molecule has 0 spiro atoms. The molecule has 136 valence electrons. The van der Waals surface area contributed by atoms with Crippen molar-refractivity contribution in [1.29, 1.82) is 0 Å². The molecule has 0 amide bonds. The number of thioether (sulfide) groups is 1. The SMILES string of the molecule is COc1ccc(CSc2nc3ccccc3c(=O)n2CCCO)cc1F. The van der Waals surface area contributed by atoms with Crippen LogP contribution in [0.3, 0.4) is 0 Å². The summed E-state index contributed by atoms with van der Waals surface area (Å²) in [4.78, 5) is 17.3. The van der Waals surface area contributed by atoms with E-state index in [2.05, 4.69) is 4.98 Å². The first-order valence-corrected chi connectivity index (χ1v) is 9.18. The molecule has 0 unspecified atom stereocenters. The molecule has 0 aliphatic rings. The van der Waals surface area contributed by atoms with Crippen LogP contribution in [0.5, 0.6) is 5.75 Å². The third-order valence-corrected chi connectivity index (χ3v) is 5.00. The molecule has 7 heteroatoms. The maximum Gasteiger partial charge on any atom is 0.262 e. The van der Waals surface area contributed by atoms with E-state index < -0.39 is 5.82 Å². The Kier molecular flexibility index (Phi) is 5.90. The summed E-state index contributed by atoms with van der Waals surface area (Å²) in [6.07, 6.45) is 0.463. The van der Waals surface area contributed by atoms with Crippen LogP contribution in [0, 0.1) is 5.82 Å². The predicted octanol–water partition coefficient (Wildman–Crippen LogP) is 3.22. The predicted molar refractivity (Wildman–Crippen MR) is 100 cm³/mol. The molecule has 0 radical (unpaired) electrons. The zero-order valence-corrected chi connectivity index (χ0v) is 15.1. The second-order valence-electron chi connectivity index (χ2n) is 5.70. The summed E-state index contributed by atoms with van der Waals surface area (Å²) in [5.41, 5.74) is 1.26. The molecule has 0 atom stereocenters. The van der Waals surface area contributed by atoms with Crippen LogP contribution in [0.4, 0.5) is 4.39 Å². The van der Waals surface area contributed by atoms with E-state index in [-0.39, 0.29) is 17.9 Å². The molecule has 5 nitrogen and oxygen atoms in total. The van der Waals surface area contributed by atoms with Crippen molar-refractivity contribution >= 4 is 22.7 Å². The smallest absolute Gasteiger partial charge is 0.262 e. The summed E-state index contributed by atoms with van der Waals surface area (Å²) in [7, 11) is 1.42. The summed E-state index contributed by atoms with van der Waals surface area (Å²) < 4.78 is 20.4. The molecule has 2 aromatic carbocycles. The van der Waals surface area contributed by atoms with Gasteiger partial charge in [-0.3, -0.25) is 9.36 Å². The van der Waals surface area contributed by atoms with Gasteiger partial charge < -0.3 is 9.84 Å². The van der Waals surface area contributed by atoms with Crippen LogP contribution in [-0.4, -0.2) is 28.4 Å². The standard InChI is InChI=1S/C19H19FN2O3S/c1-25-17-8-7-13(11-15(17)20)12-26-19-21-16-6-3-2-5-14(16)18(24)22(19)9-4-10-23/h2-3,5-8,11,23H,4,9-10,12H2,1H3. The minimum atomic E-state index is -0.422. The zero-order chi connectivity index (χ0) is 18.5. The lowest BCUT2D eigenvalue weighted by Crippen LogP contribution is -2.24. The van der Waals surface area contributed by atoms with Gasteiger partial charge in [0.05, 0.1) is 18.0 Å². The van der Waals surface area contributed by atoms with Gasteiger partial charge in [-0.25, -0.2) is 9.37 Å². The Morgan fingerprint density at radius 3 is 2.81 bits per heavy atom. The largest absolute Gasteiger partial charge is 0.494 e. The number of hydrogen-bond donors (Lipinski definition) is 1. The highest BCUT2D eigenvalue weighted by Crippen LogP contribution is 2.25. The van der Waals surface area contributed by atoms with Gasteiger partial charge in [0, 0.05) is 18.9 Å². The molecular weight excluding hydrogens is 355 g/mol. The first-order chi connectivity index (χ1) is 12.6. The number of aliphatic hydroxyl groups excluding tert-OH is 1.